The van der Waals surface area contributed by atoms with E-state index in [0.29, 0.717) is 6.42 Å². The second kappa shape index (κ2) is 5.72. The average Bonchev–Trinajstić information content (AvgIpc) is 2.76. The number of benzene rings is 1. The summed E-state index contributed by atoms with van der Waals surface area (Å²) in [6, 6.07) is 7.93. The molecular formula is C12H14N2O2S. The molecule has 17 heavy (non-hydrogen) atoms. The molecule has 0 radical (unpaired) electrons. The topological polar surface area (TPSA) is 55.0 Å². The average molecular weight is 250 g/mol. The lowest BCUT2D eigenvalue weighted by Crippen LogP contribution is -1.97. The third-order valence-corrected chi connectivity index (χ3v) is 2.79. The summed E-state index contributed by atoms with van der Waals surface area (Å²) < 4.78 is 4.28. The number of imidazole rings is 1. The van der Waals surface area contributed by atoms with Gasteiger partial charge in [-0.1, -0.05) is 12.1 Å². The molecule has 0 aliphatic carbocycles. The maximum Gasteiger partial charge on any atom is 0.317 e. The molecule has 1 aromatic heterocycles. The van der Waals surface area contributed by atoms with E-state index in [1.807, 2.05) is 24.3 Å². The summed E-state index contributed by atoms with van der Waals surface area (Å²) in [6.45, 7) is 0. The van der Waals surface area contributed by atoms with Crippen molar-refractivity contribution in [2.45, 2.75) is 25.7 Å². The molecule has 0 saturated heterocycles. The predicted octanol–water partition coefficient (Wildman–Crippen LogP) is 2.66. The fourth-order valence-corrected chi connectivity index (χ4v) is 1.82. The smallest absolute Gasteiger partial charge is 0.317 e. The minimum atomic E-state index is -0.280. The van der Waals surface area contributed by atoms with E-state index in [1.165, 1.54) is 0 Å². The van der Waals surface area contributed by atoms with E-state index < -0.39 is 0 Å². The van der Waals surface area contributed by atoms with Gasteiger partial charge in [-0.2, -0.15) is 0 Å². The first kappa shape index (κ1) is 12.0. The summed E-state index contributed by atoms with van der Waals surface area (Å²) in [5, 5.41) is 0. The van der Waals surface area contributed by atoms with Crippen molar-refractivity contribution >= 4 is 29.9 Å². The number of para-hydroxylation sites is 2. The number of nitrogens with zero attached hydrogens (tertiary/aromatic N) is 1. The normalized spacial score (nSPS) is 10.6. The number of carbonyl (C=O) groups excluding carboxylic acids is 1. The van der Waals surface area contributed by atoms with Crippen LogP contribution in [-0.2, 0) is 15.4 Å². The number of unbranched alkanes of at least 4 members (excludes halogenated alkanes) is 1. The zero-order valence-corrected chi connectivity index (χ0v) is 10.2. The molecule has 0 unspecified atom stereocenters. The number of aromatic amines is 1. The van der Waals surface area contributed by atoms with Crippen molar-refractivity contribution in [3.8, 4) is 0 Å². The number of aromatic nitrogens is 2. The number of carbonyl (C=O) groups is 1. The fraction of sp³-hybridized carbons (Fsp3) is 0.333. The molecule has 5 heteroatoms. The van der Waals surface area contributed by atoms with Gasteiger partial charge in [0.15, 0.2) is 0 Å². The van der Waals surface area contributed by atoms with Gasteiger partial charge < -0.3 is 9.17 Å². The molecule has 0 spiro atoms. The molecule has 0 fully saturated rings. The first-order chi connectivity index (χ1) is 8.29. The number of hydrogen-bond acceptors (Lipinski definition) is 4. The van der Waals surface area contributed by atoms with Gasteiger partial charge in [0.1, 0.15) is 5.82 Å². The van der Waals surface area contributed by atoms with Crippen molar-refractivity contribution < 1.29 is 8.98 Å². The van der Waals surface area contributed by atoms with Crippen molar-refractivity contribution in [3.63, 3.8) is 0 Å². The van der Waals surface area contributed by atoms with Gasteiger partial charge in [0.05, 0.1) is 11.0 Å². The van der Waals surface area contributed by atoms with Crippen LogP contribution >= 0.6 is 12.9 Å². The van der Waals surface area contributed by atoms with Crippen LogP contribution in [0.25, 0.3) is 11.0 Å². The van der Waals surface area contributed by atoms with Crippen LogP contribution in [0.4, 0.5) is 0 Å². The zero-order chi connectivity index (χ0) is 12.1. The van der Waals surface area contributed by atoms with Crippen LogP contribution < -0.4 is 0 Å². The Morgan fingerprint density at radius 1 is 1.35 bits per heavy atom. The molecule has 4 nitrogen and oxygen atoms in total. The summed E-state index contributed by atoms with van der Waals surface area (Å²) >= 11 is 3.45. The van der Waals surface area contributed by atoms with Crippen molar-refractivity contribution in [1.82, 2.24) is 9.97 Å². The highest BCUT2D eigenvalue weighted by atomic mass is 32.1. The highest BCUT2D eigenvalue weighted by Crippen LogP contribution is 2.12. The number of nitrogens with one attached hydrogen (secondary N) is 1. The third kappa shape index (κ3) is 3.23. The quantitative estimate of drug-likeness (QED) is 0.487. The van der Waals surface area contributed by atoms with E-state index in [0.717, 1.165) is 36.1 Å². The third-order valence-electron chi connectivity index (χ3n) is 2.58. The first-order valence-electron chi connectivity index (χ1n) is 5.57. The van der Waals surface area contributed by atoms with Crippen LogP contribution in [0.3, 0.4) is 0 Å². The van der Waals surface area contributed by atoms with Crippen LogP contribution in [0, 0.1) is 0 Å². The van der Waals surface area contributed by atoms with Crippen molar-refractivity contribution in [2.24, 2.45) is 0 Å². The zero-order valence-electron chi connectivity index (χ0n) is 9.35. The Labute approximate surface area is 105 Å². The van der Waals surface area contributed by atoms with Crippen molar-refractivity contribution in [1.29, 1.82) is 0 Å². The van der Waals surface area contributed by atoms with E-state index >= 15 is 0 Å². The van der Waals surface area contributed by atoms with Crippen molar-refractivity contribution in [2.75, 3.05) is 0 Å². The molecule has 90 valence electrons. The lowest BCUT2D eigenvalue weighted by Gasteiger charge is -1.97. The molecule has 1 aromatic carbocycles. The molecule has 2 rings (SSSR count). The molecule has 0 atom stereocenters. The second-order valence-electron chi connectivity index (χ2n) is 3.87. The molecule has 0 amide bonds. The minimum Gasteiger partial charge on any atom is -0.395 e. The van der Waals surface area contributed by atoms with Crippen LogP contribution in [0.15, 0.2) is 24.3 Å². The highest BCUT2D eigenvalue weighted by molar-refractivity contribution is 7.75. The SMILES string of the molecule is O=C(CCCCc1nc2ccccc2[nH]1)OS. The molecular weight excluding hydrogens is 236 g/mol. The van der Waals surface area contributed by atoms with E-state index in [4.69, 9.17) is 0 Å². The lowest BCUT2D eigenvalue weighted by molar-refractivity contribution is -0.132. The van der Waals surface area contributed by atoms with Gasteiger partial charge in [0, 0.05) is 25.8 Å². The van der Waals surface area contributed by atoms with Gasteiger partial charge in [-0.15, -0.1) is 0 Å². The fourth-order valence-electron chi connectivity index (χ4n) is 1.73. The number of thiol groups is 1. The molecule has 1 N–H and O–H groups in total. The minimum absolute atomic E-state index is 0.280. The lowest BCUT2D eigenvalue weighted by atomic mass is 10.2. The summed E-state index contributed by atoms with van der Waals surface area (Å²) in [7, 11) is 0. The van der Waals surface area contributed by atoms with Gasteiger partial charge in [0.2, 0.25) is 0 Å². The molecule has 0 aliphatic heterocycles. The van der Waals surface area contributed by atoms with E-state index in [1.54, 1.807) is 0 Å². The summed E-state index contributed by atoms with van der Waals surface area (Å²) in [5.74, 6) is 0.684. The molecule has 0 bridgehead atoms. The van der Waals surface area contributed by atoms with E-state index in [9.17, 15) is 4.79 Å². The second-order valence-corrected chi connectivity index (χ2v) is 4.05. The Balaban J connectivity index is 1.85. The van der Waals surface area contributed by atoms with Gasteiger partial charge >= 0.3 is 5.97 Å². The maximum absolute atomic E-state index is 10.8. The van der Waals surface area contributed by atoms with Crippen LogP contribution in [0.1, 0.15) is 25.1 Å². The highest BCUT2D eigenvalue weighted by Gasteiger charge is 2.03. The Morgan fingerprint density at radius 3 is 2.94 bits per heavy atom. The van der Waals surface area contributed by atoms with E-state index in [2.05, 4.69) is 27.1 Å². The van der Waals surface area contributed by atoms with Gasteiger partial charge in [0.25, 0.3) is 0 Å². The summed E-state index contributed by atoms with van der Waals surface area (Å²) in [5.41, 5.74) is 2.04. The van der Waals surface area contributed by atoms with Crippen LogP contribution in [-0.4, -0.2) is 15.9 Å². The monoisotopic (exact) mass is 250 g/mol. The van der Waals surface area contributed by atoms with Crippen molar-refractivity contribution in [3.05, 3.63) is 30.1 Å². The first-order valence-corrected chi connectivity index (χ1v) is 5.94. The van der Waals surface area contributed by atoms with Gasteiger partial charge in [-0.3, -0.25) is 4.79 Å². The van der Waals surface area contributed by atoms with Crippen LogP contribution in [0.2, 0.25) is 0 Å². The summed E-state index contributed by atoms with van der Waals surface area (Å²) in [6.07, 6.45) is 2.94. The van der Waals surface area contributed by atoms with Crippen LogP contribution in [0.5, 0.6) is 0 Å². The van der Waals surface area contributed by atoms with Gasteiger partial charge in [-0.25, -0.2) is 4.98 Å². The number of H-pyrrole nitrogens is 1. The number of aryl methyl sites for hydroxylation is 1. The predicted molar refractivity (Wildman–Crippen MR) is 68.7 cm³/mol. The Morgan fingerprint density at radius 2 is 2.18 bits per heavy atom. The number of hydrogen-bond donors (Lipinski definition) is 2. The van der Waals surface area contributed by atoms with E-state index in [-0.39, 0.29) is 5.97 Å². The molecule has 1 heterocycles. The largest absolute Gasteiger partial charge is 0.395 e. The van der Waals surface area contributed by atoms with Gasteiger partial charge in [-0.05, 0) is 25.0 Å². The number of fused-ring (bicyclic) bond motifs is 1. The molecule has 0 aliphatic rings. The molecule has 2 aromatic rings. The Bertz CT molecular complexity index is 477. The standard InChI is InChI=1S/C12H14N2O2S/c15-12(16-17)8-4-3-7-11-13-9-5-1-2-6-10(9)14-11/h1-2,5-6,17H,3-4,7-8H2,(H,13,14). The number of rotatable bonds is 5. The molecule has 0 saturated carbocycles. The Hall–Kier alpha value is -1.49. The maximum atomic E-state index is 10.8. The summed E-state index contributed by atoms with van der Waals surface area (Å²) in [4.78, 5) is 18.6. The Kier molecular flexibility index (Phi) is 4.03.